The molecule has 0 aliphatic carbocycles. The normalized spacial score (nSPS) is 11.4. The molecule has 3 heterocycles. The Kier molecular flexibility index (Phi) is 6.70. The molecule has 6 rings (SSSR count). The Bertz CT molecular complexity index is 1700. The van der Waals surface area contributed by atoms with Gasteiger partial charge in [0.2, 0.25) is 5.88 Å². The van der Waals surface area contributed by atoms with Crippen LogP contribution in [0.1, 0.15) is 26.3 Å². The van der Waals surface area contributed by atoms with E-state index in [-0.39, 0.29) is 26.5 Å². The van der Waals surface area contributed by atoms with E-state index in [4.69, 9.17) is 9.72 Å². The molecular weight excluding hydrogens is 637 g/mol. The second-order valence-corrected chi connectivity index (χ2v) is 9.81. The van der Waals surface area contributed by atoms with Gasteiger partial charge in [-0.1, -0.05) is 56.5 Å². The summed E-state index contributed by atoms with van der Waals surface area (Å²) in [6.45, 7) is 6.66. The van der Waals surface area contributed by atoms with Gasteiger partial charge in [0.25, 0.3) is 0 Å². The summed E-state index contributed by atoms with van der Waals surface area (Å²) in [5, 5.41) is 2.32. The van der Waals surface area contributed by atoms with Crippen molar-refractivity contribution in [1.82, 2.24) is 14.5 Å². The van der Waals surface area contributed by atoms with E-state index >= 15 is 0 Å². The van der Waals surface area contributed by atoms with Gasteiger partial charge >= 0.3 is 21.1 Å². The Morgan fingerprint density at radius 3 is 2.30 bits per heavy atom. The fourth-order valence-corrected chi connectivity index (χ4v) is 4.61. The summed E-state index contributed by atoms with van der Waals surface area (Å²) in [6.07, 6.45) is 3.57. The number of fused-ring (bicyclic) bond motifs is 3. The van der Waals surface area contributed by atoms with Crippen LogP contribution in [0.25, 0.3) is 38.8 Å². The smallest absolute Gasteiger partial charge is 0.460 e. The molecule has 3 aromatic carbocycles. The maximum atomic E-state index is 5.93. The minimum Gasteiger partial charge on any atom is -0.460 e. The Morgan fingerprint density at radius 2 is 1.49 bits per heavy atom. The Hall–Kier alpha value is -3.75. The molecule has 0 N–H and O–H groups in total. The van der Waals surface area contributed by atoms with Crippen molar-refractivity contribution >= 4 is 21.8 Å². The number of ether oxygens (including phenoxy) is 1. The molecule has 0 aliphatic rings. The molecule has 0 saturated carbocycles. The molecule has 37 heavy (non-hydrogen) atoms. The van der Waals surface area contributed by atoms with Gasteiger partial charge in [0.15, 0.2) is 0 Å². The molecule has 0 atom stereocenters. The van der Waals surface area contributed by atoms with Crippen LogP contribution in [-0.4, -0.2) is 14.5 Å². The molecule has 0 bridgehead atoms. The predicted molar refractivity (Wildman–Crippen MR) is 145 cm³/mol. The second-order valence-electron chi connectivity index (χ2n) is 9.81. The van der Waals surface area contributed by atoms with E-state index in [9.17, 15) is 0 Å². The van der Waals surface area contributed by atoms with Crippen molar-refractivity contribution < 1.29 is 25.8 Å². The summed E-state index contributed by atoms with van der Waals surface area (Å²) < 4.78 is 8.17. The van der Waals surface area contributed by atoms with Crippen LogP contribution >= 0.6 is 0 Å². The van der Waals surface area contributed by atoms with Gasteiger partial charge in [0, 0.05) is 35.3 Å². The molecule has 0 fully saturated rings. The van der Waals surface area contributed by atoms with Crippen LogP contribution in [0.5, 0.6) is 11.6 Å². The summed E-state index contributed by atoms with van der Waals surface area (Å²) in [4.78, 5) is 9.11. The summed E-state index contributed by atoms with van der Waals surface area (Å²) >= 11 is 0. The van der Waals surface area contributed by atoms with Gasteiger partial charge < -0.3 is 9.30 Å². The first-order valence-electron chi connectivity index (χ1n) is 12.0. The third-order valence-corrected chi connectivity index (χ3v) is 6.30. The third kappa shape index (κ3) is 4.70. The molecule has 4 nitrogen and oxygen atoms in total. The molecule has 184 valence electrons. The minimum absolute atomic E-state index is 0. The van der Waals surface area contributed by atoms with Crippen molar-refractivity contribution in [3.63, 3.8) is 0 Å². The molecule has 0 aliphatic heterocycles. The summed E-state index contributed by atoms with van der Waals surface area (Å²) in [7, 11) is 0. The Morgan fingerprint density at radius 1 is 0.703 bits per heavy atom. The second kappa shape index (κ2) is 9.95. The molecular formula is C32H25N3OPt. The van der Waals surface area contributed by atoms with Crippen molar-refractivity contribution in [2.24, 2.45) is 0 Å². The van der Waals surface area contributed by atoms with Gasteiger partial charge in [-0.25, -0.2) is 21.1 Å². The molecule has 0 spiro atoms. The van der Waals surface area contributed by atoms with Crippen LogP contribution in [0.15, 0.2) is 97.3 Å². The van der Waals surface area contributed by atoms with Crippen molar-refractivity contribution in [2.45, 2.75) is 26.2 Å². The van der Waals surface area contributed by atoms with Crippen LogP contribution in [0.2, 0.25) is 0 Å². The van der Waals surface area contributed by atoms with E-state index in [1.165, 1.54) is 10.9 Å². The largest absolute Gasteiger partial charge is 2.00 e. The van der Waals surface area contributed by atoms with Gasteiger partial charge in [-0.15, -0.1) is 18.2 Å². The van der Waals surface area contributed by atoms with E-state index < -0.39 is 0 Å². The van der Waals surface area contributed by atoms with Gasteiger partial charge in [-0.2, -0.15) is 24.3 Å². The summed E-state index contributed by atoms with van der Waals surface area (Å²) in [5.74, 6) is 2.08. The number of rotatable bonds is 4. The zero-order chi connectivity index (χ0) is 24.7. The average molecular weight is 663 g/mol. The van der Waals surface area contributed by atoms with E-state index in [0.29, 0.717) is 11.6 Å². The fourth-order valence-electron chi connectivity index (χ4n) is 4.61. The Balaban J connectivity index is 0.00000280. The molecule has 0 amide bonds. The minimum atomic E-state index is -0.0657. The number of pyridine rings is 2. The first-order valence-corrected chi connectivity index (χ1v) is 12.0. The number of hydrogen-bond acceptors (Lipinski definition) is 3. The summed E-state index contributed by atoms with van der Waals surface area (Å²) in [6, 6.07) is 35.4. The standard InChI is InChI=1S/C32H25N3O.Pt/c1-32(2,3)27-13-9-19-34-31(27)35-28-14-5-4-12-25(28)26-17-16-23(21-29(26)35)22-10-8-11-24(20-22)36-30-15-6-7-18-33-30;/h4-19H,1-3H3;/q-2;+2. The Labute approximate surface area is 231 Å². The monoisotopic (exact) mass is 662 g/mol. The average Bonchev–Trinajstić information content (AvgIpc) is 3.22. The number of nitrogens with zero attached hydrogens (tertiary/aromatic N) is 3. The molecule has 5 heteroatoms. The van der Waals surface area contributed by atoms with Crippen molar-refractivity contribution in [3.05, 3.63) is 115 Å². The molecule has 6 aromatic rings. The number of benzene rings is 3. The first kappa shape index (κ1) is 24.9. The van der Waals surface area contributed by atoms with Crippen LogP contribution in [0.4, 0.5) is 0 Å². The maximum absolute atomic E-state index is 5.93. The molecule has 3 aromatic heterocycles. The predicted octanol–water partition coefficient (Wildman–Crippen LogP) is 7.93. The van der Waals surface area contributed by atoms with Gasteiger partial charge in [0.1, 0.15) is 5.82 Å². The summed E-state index contributed by atoms with van der Waals surface area (Å²) in [5.41, 5.74) is 5.06. The number of aromatic nitrogens is 3. The zero-order valence-electron chi connectivity index (χ0n) is 20.8. The quantitative estimate of drug-likeness (QED) is 0.180. The van der Waals surface area contributed by atoms with Crippen molar-refractivity contribution in [3.8, 4) is 28.6 Å². The van der Waals surface area contributed by atoms with E-state index in [0.717, 1.165) is 33.4 Å². The van der Waals surface area contributed by atoms with Gasteiger partial charge in [-0.05, 0) is 34.5 Å². The van der Waals surface area contributed by atoms with E-state index in [2.05, 4.69) is 84.9 Å². The number of hydrogen-bond donors (Lipinski definition) is 0. The van der Waals surface area contributed by atoms with Crippen LogP contribution < -0.4 is 4.74 Å². The van der Waals surface area contributed by atoms with Crippen LogP contribution in [-0.2, 0) is 26.5 Å². The number of para-hydroxylation sites is 1. The zero-order valence-corrected chi connectivity index (χ0v) is 23.1. The fraction of sp³-hybridized carbons (Fsp3) is 0.125. The molecule has 0 saturated heterocycles. The van der Waals surface area contributed by atoms with E-state index in [1.807, 2.05) is 48.7 Å². The maximum Gasteiger partial charge on any atom is 2.00 e. The first-order chi connectivity index (χ1) is 17.5. The van der Waals surface area contributed by atoms with Crippen LogP contribution in [0.3, 0.4) is 0 Å². The van der Waals surface area contributed by atoms with Gasteiger partial charge in [0.05, 0.1) is 0 Å². The van der Waals surface area contributed by atoms with Crippen molar-refractivity contribution in [1.29, 1.82) is 0 Å². The van der Waals surface area contributed by atoms with Crippen molar-refractivity contribution in [2.75, 3.05) is 0 Å². The third-order valence-electron chi connectivity index (χ3n) is 6.30. The van der Waals surface area contributed by atoms with E-state index in [1.54, 1.807) is 6.20 Å². The topological polar surface area (TPSA) is 39.9 Å². The van der Waals surface area contributed by atoms with Gasteiger partial charge in [-0.3, -0.25) is 0 Å². The molecule has 0 radical (unpaired) electrons. The van der Waals surface area contributed by atoms with Crippen LogP contribution in [0, 0.1) is 12.1 Å². The SMILES string of the molecule is CC(C)(C)c1cccnc1-n1c2[c-]c(-c3[c-]c(Oc4ccccn4)ccc3)ccc2c2ccccc21.[Pt+2]. The molecule has 0 unspecified atom stereocenters.